The van der Waals surface area contributed by atoms with Crippen molar-refractivity contribution >= 4 is 17.4 Å². The predicted octanol–water partition coefficient (Wildman–Crippen LogP) is 5.71. The summed E-state index contributed by atoms with van der Waals surface area (Å²) in [6.45, 7) is 10.4. The van der Waals surface area contributed by atoms with E-state index in [0.29, 0.717) is 18.2 Å². The monoisotopic (exact) mass is 485 g/mol. The number of carbonyl (C=O) groups excluding carboxylic acids is 1. The largest absolute Gasteiger partial charge is 0.330 e. The molecule has 36 heavy (non-hydrogen) atoms. The van der Waals surface area contributed by atoms with Crippen LogP contribution < -0.4 is 4.90 Å². The highest BCUT2D eigenvalue weighted by molar-refractivity contribution is 5.92. The maximum absolute atomic E-state index is 13.6. The SMILES string of the molecule is Cc1ccc(C(=O)N(Cc2ccc(N(C)c3ccccn3)cc2)C2CCN(CCC(C)C)CC2)nc1. The van der Waals surface area contributed by atoms with Crippen LogP contribution in [0.1, 0.15) is 54.7 Å². The molecular weight excluding hydrogens is 446 g/mol. The van der Waals surface area contributed by atoms with Crippen molar-refractivity contribution in [2.45, 2.75) is 52.6 Å². The normalized spacial score (nSPS) is 14.7. The molecule has 1 aromatic carbocycles. The Labute approximate surface area is 216 Å². The lowest BCUT2D eigenvalue weighted by molar-refractivity contribution is 0.0540. The maximum Gasteiger partial charge on any atom is 0.272 e. The highest BCUT2D eigenvalue weighted by atomic mass is 16.2. The lowest BCUT2D eigenvalue weighted by Crippen LogP contribution is -2.47. The smallest absolute Gasteiger partial charge is 0.272 e. The molecule has 1 amide bonds. The van der Waals surface area contributed by atoms with Gasteiger partial charge in [-0.3, -0.25) is 9.78 Å². The molecule has 1 saturated heterocycles. The molecule has 0 unspecified atom stereocenters. The van der Waals surface area contributed by atoms with Crippen LogP contribution in [0.4, 0.5) is 11.5 Å². The molecule has 2 aromatic heterocycles. The number of aryl methyl sites for hydroxylation is 1. The van der Waals surface area contributed by atoms with Gasteiger partial charge in [-0.05, 0) is 80.1 Å². The standard InChI is InChI=1S/C30H39N5O/c1-23(2)14-18-34-19-15-27(16-20-34)35(30(36)28-13-8-24(3)21-32-28)22-25-9-11-26(12-10-25)33(4)29-7-5-6-17-31-29/h5-13,17,21,23,27H,14-16,18-20,22H2,1-4H3. The van der Waals surface area contributed by atoms with Crippen molar-refractivity contribution in [1.29, 1.82) is 0 Å². The van der Waals surface area contributed by atoms with Crippen molar-refractivity contribution < 1.29 is 4.79 Å². The first-order chi connectivity index (χ1) is 17.4. The fourth-order valence-electron chi connectivity index (χ4n) is 4.71. The molecule has 190 valence electrons. The number of amides is 1. The number of carbonyl (C=O) groups is 1. The Balaban J connectivity index is 1.49. The van der Waals surface area contributed by atoms with E-state index in [4.69, 9.17) is 0 Å². The molecule has 0 atom stereocenters. The van der Waals surface area contributed by atoms with E-state index in [9.17, 15) is 4.79 Å². The maximum atomic E-state index is 13.6. The van der Waals surface area contributed by atoms with Crippen LogP contribution in [0, 0.1) is 12.8 Å². The van der Waals surface area contributed by atoms with Crippen LogP contribution >= 0.6 is 0 Å². The molecular formula is C30H39N5O. The molecule has 0 aliphatic carbocycles. The summed E-state index contributed by atoms with van der Waals surface area (Å²) in [6, 6.07) is 18.4. The molecule has 1 aliphatic heterocycles. The van der Waals surface area contributed by atoms with E-state index in [1.54, 1.807) is 12.4 Å². The van der Waals surface area contributed by atoms with Gasteiger partial charge in [-0.15, -0.1) is 0 Å². The van der Waals surface area contributed by atoms with E-state index in [0.717, 1.165) is 55.1 Å². The quantitative estimate of drug-likeness (QED) is 0.389. The summed E-state index contributed by atoms with van der Waals surface area (Å²) in [5, 5.41) is 0. The number of nitrogens with zero attached hydrogens (tertiary/aromatic N) is 5. The lowest BCUT2D eigenvalue weighted by atomic mass is 10.0. The van der Waals surface area contributed by atoms with Crippen molar-refractivity contribution in [3.05, 3.63) is 83.8 Å². The number of anilines is 2. The van der Waals surface area contributed by atoms with Crippen molar-refractivity contribution in [3.63, 3.8) is 0 Å². The van der Waals surface area contributed by atoms with Gasteiger partial charge < -0.3 is 14.7 Å². The number of benzene rings is 1. The Morgan fingerprint density at radius 1 is 1.03 bits per heavy atom. The lowest BCUT2D eigenvalue weighted by Gasteiger charge is -2.39. The Morgan fingerprint density at radius 3 is 2.39 bits per heavy atom. The zero-order valence-corrected chi connectivity index (χ0v) is 22.1. The van der Waals surface area contributed by atoms with Gasteiger partial charge in [0.1, 0.15) is 11.5 Å². The second-order valence-corrected chi connectivity index (χ2v) is 10.3. The number of pyridine rings is 2. The predicted molar refractivity (Wildman–Crippen MR) is 147 cm³/mol. The van der Waals surface area contributed by atoms with Crippen LogP contribution in [-0.2, 0) is 6.54 Å². The van der Waals surface area contributed by atoms with E-state index >= 15 is 0 Å². The Hall–Kier alpha value is -3.25. The molecule has 1 aliphatic rings. The molecule has 3 heterocycles. The summed E-state index contributed by atoms with van der Waals surface area (Å²) in [4.78, 5) is 29.2. The van der Waals surface area contributed by atoms with E-state index in [1.165, 1.54) is 6.42 Å². The minimum atomic E-state index is 0.0188. The molecule has 0 N–H and O–H groups in total. The summed E-state index contributed by atoms with van der Waals surface area (Å²) >= 11 is 0. The third-order valence-electron chi connectivity index (χ3n) is 7.08. The highest BCUT2D eigenvalue weighted by Gasteiger charge is 2.29. The Bertz CT molecular complexity index is 1090. The average Bonchev–Trinajstić information content (AvgIpc) is 2.91. The van der Waals surface area contributed by atoms with Gasteiger partial charge in [-0.1, -0.05) is 38.1 Å². The zero-order valence-electron chi connectivity index (χ0n) is 22.1. The van der Waals surface area contributed by atoms with Crippen LogP contribution in [0.15, 0.2) is 67.0 Å². The zero-order chi connectivity index (χ0) is 25.5. The van der Waals surface area contributed by atoms with Crippen molar-refractivity contribution in [1.82, 2.24) is 19.8 Å². The van der Waals surface area contributed by atoms with Gasteiger partial charge in [0.05, 0.1) is 0 Å². The van der Waals surface area contributed by atoms with E-state index < -0.39 is 0 Å². The van der Waals surface area contributed by atoms with Crippen LogP contribution in [-0.4, -0.2) is 58.4 Å². The molecule has 0 spiro atoms. The summed E-state index contributed by atoms with van der Waals surface area (Å²) in [7, 11) is 2.02. The van der Waals surface area contributed by atoms with Gasteiger partial charge in [-0.2, -0.15) is 0 Å². The molecule has 4 rings (SSSR count). The molecule has 0 radical (unpaired) electrons. The first kappa shape index (κ1) is 25.8. The van der Waals surface area contributed by atoms with Crippen LogP contribution in [0.2, 0.25) is 0 Å². The van der Waals surface area contributed by atoms with Crippen molar-refractivity contribution in [3.8, 4) is 0 Å². The molecule has 6 nitrogen and oxygen atoms in total. The fraction of sp³-hybridized carbons (Fsp3) is 0.433. The van der Waals surface area contributed by atoms with Gasteiger partial charge in [0.25, 0.3) is 5.91 Å². The van der Waals surface area contributed by atoms with Gasteiger partial charge in [-0.25, -0.2) is 4.98 Å². The van der Waals surface area contributed by atoms with E-state index in [-0.39, 0.29) is 11.9 Å². The third-order valence-corrected chi connectivity index (χ3v) is 7.08. The van der Waals surface area contributed by atoms with Crippen LogP contribution in [0.3, 0.4) is 0 Å². The summed E-state index contributed by atoms with van der Waals surface area (Å²) in [5.74, 6) is 1.63. The topological polar surface area (TPSA) is 52.6 Å². The number of aromatic nitrogens is 2. The molecule has 0 bridgehead atoms. The van der Waals surface area contributed by atoms with Gasteiger partial charge in [0.15, 0.2) is 0 Å². The Morgan fingerprint density at radius 2 is 1.78 bits per heavy atom. The number of hydrogen-bond acceptors (Lipinski definition) is 5. The van der Waals surface area contributed by atoms with Gasteiger partial charge >= 0.3 is 0 Å². The van der Waals surface area contributed by atoms with Crippen molar-refractivity contribution in [2.24, 2.45) is 5.92 Å². The molecule has 3 aromatic rings. The first-order valence-electron chi connectivity index (χ1n) is 13.1. The molecule has 0 saturated carbocycles. The minimum Gasteiger partial charge on any atom is -0.330 e. The fourth-order valence-corrected chi connectivity index (χ4v) is 4.71. The number of rotatable bonds is 9. The van der Waals surface area contributed by atoms with Crippen LogP contribution in [0.5, 0.6) is 0 Å². The van der Waals surface area contributed by atoms with Gasteiger partial charge in [0.2, 0.25) is 0 Å². The number of piperidine rings is 1. The first-order valence-corrected chi connectivity index (χ1v) is 13.1. The number of hydrogen-bond donors (Lipinski definition) is 0. The Kier molecular flexibility index (Phi) is 8.70. The van der Waals surface area contributed by atoms with E-state index in [2.05, 4.69) is 62.8 Å². The van der Waals surface area contributed by atoms with Crippen molar-refractivity contribution in [2.75, 3.05) is 31.6 Å². The summed E-state index contributed by atoms with van der Waals surface area (Å²) < 4.78 is 0. The average molecular weight is 486 g/mol. The summed E-state index contributed by atoms with van der Waals surface area (Å²) in [5.41, 5.74) is 3.77. The van der Waals surface area contributed by atoms with Crippen LogP contribution in [0.25, 0.3) is 0 Å². The summed E-state index contributed by atoms with van der Waals surface area (Å²) in [6.07, 6.45) is 6.80. The van der Waals surface area contributed by atoms with E-state index in [1.807, 2.05) is 44.3 Å². The number of likely N-dealkylation sites (tertiary alicyclic amines) is 1. The molecule has 1 fully saturated rings. The third kappa shape index (κ3) is 6.70. The van der Waals surface area contributed by atoms with Gasteiger partial charge in [0, 0.05) is 50.8 Å². The second-order valence-electron chi connectivity index (χ2n) is 10.3. The second kappa shape index (κ2) is 12.1. The minimum absolute atomic E-state index is 0.0188. The molecule has 6 heteroatoms. The highest BCUT2D eigenvalue weighted by Crippen LogP contribution is 2.25.